The van der Waals surface area contributed by atoms with E-state index in [1.54, 1.807) is 6.07 Å². The van der Waals surface area contributed by atoms with Gasteiger partial charge in [0, 0.05) is 50.0 Å². The van der Waals surface area contributed by atoms with Gasteiger partial charge in [-0.1, -0.05) is 19.9 Å². The molecule has 0 aromatic heterocycles. The van der Waals surface area contributed by atoms with E-state index in [-0.39, 0.29) is 0 Å². The summed E-state index contributed by atoms with van der Waals surface area (Å²) in [5, 5.41) is 13.1. The maximum atomic E-state index is 9.65. The Morgan fingerprint density at radius 1 is 1.33 bits per heavy atom. The standard InChI is InChI=1S/C17H29N3O/c1-13(2)17(18-4)12-19-8-9-20(14(3)11-19)15-6-5-7-16(21)10-15/h5-7,10,13-14,17-18,21H,8-9,11-12H2,1-4H3/t14-,17+/m0/s1. The smallest absolute Gasteiger partial charge is 0.117 e. The van der Waals surface area contributed by atoms with Gasteiger partial charge in [-0.25, -0.2) is 0 Å². The monoisotopic (exact) mass is 291 g/mol. The van der Waals surface area contributed by atoms with E-state index < -0.39 is 0 Å². The summed E-state index contributed by atoms with van der Waals surface area (Å²) in [6.45, 7) is 11.1. The minimum atomic E-state index is 0.345. The number of piperazine rings is 1. The largest absolute Gasteiger partial charge is 0.508 e. The van der Waals surface area contributed by atoms with Crippen LogP contribution in [0.1, 0.15) is 20.8 Å². The van der Waals surface area contributed by atoms with E-state index in [0.29, 0.717) is 23.8 Å². The third-order valence-electron chi connectivity index (χ3n) is 4.50. The van der Waals surface area contributed by atoms with Crippen LogP contribution >= 0.6 is 0 Å². The molecular formula is C17H29N3O. The first-order valence-electron chi connectivity index (χ1n) is 7.96. The zero-order valence-corrected chi connectivity index (χ0v) is 13.7. The second-order valence-electron chi connectivity index (χ2n) is 6.46. The Balaban J connectivity index is 1.96. The Bertz CT molecular complexity index is 449. The van der Waals surface area contributed by atoms with E-state index in [4.69, 9.17) is 0 Å². The Kier molecular flexibility index (Phi) is 5.48. The molecule has 0 spiro atoms. The van der Waals surface area contributed by atoms with Crippen molar-refractivity contribution in [2.75, 3.05) is 38.1 Å². The van der Waals surface area contributed by atoms with Crippen molar-refractivity contribution >= 4 is 5.69 Å². The van der Waals surface area contributed by atoms with Crippen molar-refractivity contribution in [3.8, 4) is 5.75 Å². The summed E-state index contributed by atoms with van der Waals surface area (Å²) in [7, 11) is 2.05. The molecule has 4 nitrogen and oxygen atoms in total. The Morgan fingerprint density at radius 3 is 2.67 bits per heavy atom. The van der Waals surface area contributed by atoms with Crippen LogP contribution in [-0.2, 0) is 0 Å². The molecule has 1 fully saturated rings. The molecule has 2 N–H and O–H groups in total. The molecule has 1 aromatic rings. The highest BCUT2D eigenvalue weighted by Gasteiger charge is 2.26. The van der Waals surface area contributed by atoms with Crippen LogP contribution in [0.5, 0.6) is 5.75 Å². The van der Waals surface area contributed by atoms with Crippen molar-refractivity contribution in [3.05, 3.63) is 24.3 Å². The lowest BCUT2D eigenvalue weighted by Crippen LogP contribution is -2.55. The van der Waals surface area contributed by atoms with Crippen molar-refractivity contribution in [2.45, 2.75) is 32.9 Å². The summed E-state index contributed by atoms with van der Waals surface area (Å²) in [6.07, 6.45) is 0. The minimum Gasteiger partial charge on any atom is -0.508 e. The number of aromatic hydroxyl groups is 1. The topological polar surface area (TPSA) is 38.7 Å². The van der Waals surface area contributed by atoms with E-state index >= 15 is 0 Å². The maximum absolute atomic E-state index is 9.65. The number of phenolic OH excluding ortho intramolecular Hbond substituents is 1. The fourth-order valence-corrected chi connectivity index (χ4v) is 3.17. The van der Waals surface area contributed by atoms with Gasteiger partial charge in [-0.3, -0.25) is 4.90 Å². The molecule has 1 saturated heterocycles. The van der Waals surface area contributed by atoms with E-state index in [9.17, 15) is 5.11 Å². The van der Waals surface area contributed by atoms with Crippen LogP contribution in [-0.4, -0.2) is 55.3 Å². The van der Waals surface area contributed by atoms with Gasteiger partial charge >= 0.3 is 0 Å². The van der Waals surface area contributed by atoms with Crippen LogP contribution in [0.3, 0.4) is 0 Å². The predicted octanol–water partition coefficient (Wildman–Crippen LogP) is 2.15. The van der Waals surface area contributed by atoms with Crippen LogP contribution in [0.2, 0.25) is 0 Å². The van der Waals surface area contributed by atoms with Gasteiger partial charge in [-0.05, 0) is 32.0 Å². The second-order valence-corrected chi connectivity index (χ2v) is 6.46. The minimum absolute atomic E-state index is 0.345. The average molecular weight is 291 g/mol. The van der Waals surface area contributed by atoms with Gasteiger partial charge in [0.05, 0.1) is 0 Å². The second kappa shape index (κ2) is 7.14. The van der Waals surface area contributed by atoms with Crippen LogP contribution in [0.25, 0.3) is 0 Å². The molecule has 0 amide bonds. The van der Waals surface area contributed by atoms with Crippen molar-refractivity contribution in [2.24, 2.45) is 5.92 Å². The van der Waals surface area contributed by atoms with Gasteiger partial charge in [0.25, 0.3) is 0 Å². The number of hydrogen-bond donors (Lipinski definition) is 2. The first-order chi connectivity index (χ1) is 10.0. The van der Waals surface area contributed by atoms with Crippen molar-refractivity contribution < 1.29 is 5.11 Å². The Hall–Kier alpha value is -1.26. The summed E-state index contributed by atoms with van der Waals surface area (Å²) >= 11 is 0. The maximum Gasteiger partial charge on any atom is 0.117 e. The average Bonchev–Trinajstić information content (AvgIpc) is 2.44. The number of nitrogens with zero attached hydrogens (tertiary/aromatic N) is 2. The van der Waals surface area contributed by atoms with Gasteiger partial charge in [0.2, 0.25) is 0 Å². The highest BCUT2D eigenvalue weighted by molar-refractivity contribution is 5.51. The zero-order valence-electron chi connectivity index (χ0n) is 13.7. The lowest BCUT2D eigenvalue weighted by Gasteiger charge is -2.42. The molecule has 0 bridgehead atoms. The molecule has 0 radical (unpaired) electrons. The molecule has 2 rings (SSSR count). The molecule has 0 aliphatic carbocycles. The third-order valence-corrected chi connectivity index (χ3v) is 4.50. The number of nitrogens with one attached hydrogen (secondary N) is 1. The molecule has 0 saturated carbocycles. The normalized spacial score (nSPS) is 21.8. The Morgan fingerprint density at radius 2 is 2.10 bits per heavy atom. The number of anilines is 1. The van der Waals surface area contributed by atoms with Crippen LogP contribution in [0.15, 0.2) is 24.3 Å². The van der Waals surface area contributed by atoms with Crippen molar-refractivity contribution in [1.82, 2.24) is 10.2 Å². The lowest BCUT2D eigenvalue weighted by atomic mass is 10.0. The van der Waals surface area contributed by atoms with E-state index in [0.717, 1.165) is 31.9 Å². The summed E-state index contributed by atoms with van der Waals surface area (Å²) in [6, 6.07) is 8.59. The molecule has 2 atom stereocenters. The predicted molar refractivity (Wildman–Crippen MR) is 89.0 cm³/mol. The molecule has 21 heavy (non-hydrogen) atoms. The summed E-state index contributed by atoms with van der Waals surface area (Å²) in [4.78, 5) is 4.94. The van der Waals surface area contributed by atoms with Crippen LogP contribution in [0.4, 0.5) is 5.69 Å². The number of likely N-dealkylation sites (N-methyl/N-ethyl adjacent to an activating group) is 1. The van der Waals surface area contributed by atoms with Gasteiger partial charge in [0.1, 0.15) is 5.75 Å². The summed E-state index contributed by atoms with van der Waals surface area (Å²) < 4.78 is 0. The van der Waals surface area contributed by atoms with Crippen molar-refractivity contribution in [1.29, 1.82) is 0 Å². The highest BCUT2D eigenvalue weighted by Crippen LogP contribution is 2.24. The fourth-order valence-electron chi connectivity index (χ4n) is 3.17. The molecule has 118 valence electrons. The van der Waals surface area contributed by atoms with E-state index in [1.165, 1.54) is 0 Å². The molecule has 1 heterocycles. The summed E-state index contributed by atoms with van der Waals surface area (Å²) in [5.74, 6) is 0.992. The van der Waals surface area contributed by atoms with Crippen LogP contribution in [0, 0.1) is 5.92 Å². The van der Waals surface area contributed by atoms with Crippen LogP contribution < -0.4 is 10.2 Å². The number of hydrogen-bond acceptors (Lipinski definition) is 4. The fraction of sp³-hybridized carbons (Fsp3) is 0.647. The first kappa shape index (κ1) is 16.1. The van der Waals surface area contributed by atoms with Gasteiger partial charge < -0.3 is 15.3 Å². The van der Waals surface area contributed by atoms with Gasteiger partial charge in [0.15, 0.2) is 0 Å². The SMILES string of the molecule is CN[C@H](CN1CCN(c2cccc(O)c2)[C@@H](C)C1)C(C)C. The van der Waals surface area contributed by atoms with Crippen molar-refractivity contribution in [3.63, 3.8) is 0 Å². The third kappa shape index (κ3) is 4.11. The quantitative estimate of drug-likeness (QED) is 0.872. The van der Waals surface area contributed by atoms with Gasteiger partial charge in [-0.2, -0.15) is 0 Å². The molecular weight excluding hydrogens is 262 g/mol. The molecule has 1 aliphatic heterocycles. The molecule has 0 unspecified atom stereocenters. The molecule has 4 heteroatoms. The first-order valence-corrected chi connectivity index (χ1v) is 7.96. The van der Waals surface area contributed by atoms with E-state index in [2.05, 4.69) is 49.0 Å². The number of phenols is 1. The molecule has 1 aliphatic rings. The van der Waals surface area contributed by atoms with Gasteiger partial charge in [-0.15, -0.1) is 0 Å². The highest BCUT2D eigenvalue weighted by atomic mass is 16.3. The number of rotatable bonds is 5. The lowest BCUT2D eigenvalue weighted by molar-refractivity contribution is 0.192. The van der Waals surface area contributed by atoms with E-state index in [1.807, 2.05) is 12.1 Å². The number of benzene rings is 1. The molecule has 1 aromatic carbocycles. The summed E-state index contributed by atoms with van der Waals surface area (Å²) in [5.41, 5.74) is 1.12. The Labute approximate surface area is 128 Å². The zero-order chi connectivity index (χ0) is 15.4.